The number of primary sulfonamides is 1. The predicted octanol–water partition coefficient (Wildman–Crippen LogP) is 1.19. The number of nitrogens with two attached hydrogens (primary N) is 1. The molecule has 1 unspecified atom stereocenters. The van der Waals surface area contributed by atoms with Crippen molar-refractivity contribution in [2.24, 2.45) is 5.14 Å². The summed E-state index contributed by atoms with van der Waals surface area (Å²) < 4.78 is 22.9. The van der Waals surface area contributed by atoms with E-state index in [-0.39, 0.29) is 35.9 Å². The fraction of sp³-hybridized carbons (Fsp3) is 0.300. The molecule has 1 atom stereocenters. The number of nitrogens with zero attached hydrogens (tertiary/aromatic N) is 3. The van der Waals surface area contributed by atoms with Crippen molar-refractivity contribution in [2.45, 2.75) is 43.7 Å². The molecule has 1 aromatic carbocycles. The van der Waals surface area contributed by atoms with E-state index in [0.29, 0.717) is 6.42 Å². The molecule has 0 aliphatic carbocycles. The Bertz CT molecular complexity index is 1050. The third-order valence-electron chi connectivity index (χ3n) is 4.78. The molecule has 30 heavy (non-hydrogen) atoms. The van der Waals surface area contributed by atoms with Gasteiger partial charge in [0, 0.05) is 25.4 Å². The number of aromatic nitrogens is 1. The Kier molecular flexibility index (Phi) is 6.28. The number of hydrogen-bond acceptors (Lipinski definition) is 6. The van der Waals surface area contributed by atoms with E-state index in [0.717, 1.165) is 10.5 Å². The minimum Gasteiger partial charge on any atom is -0.326 e. The lowest BCUT2D eigenvalue weighted by molar-refractivity contribution is -0.139. The molecule has 1 aliphatic rings. The molecule has 9 nitrogen and oxygen atoms in total. The van der Waals surface area contributed by atoms with Crippen molar-refractivity contribution in [2.75, 3.05) is 4.90 Å². The molecule has 158 valence electrons. The number of sulfonamides is 1. The largest absolute Gasteiger partial charge is 0.326 e. The maximum absolute atomic E-state index is 13.1. The standard InChI is InChI=1S/C20H22N4O5S/c1-2-4-18(25)23(13-14-5-3-10-22-12-14)17-11-19(26)24(20(17)27)15-6-8-16(9-7-15)30(21,28)29/h3,5-10,12,17H,2,4,11,13H2,1H3,(H2,21,28,29). The minimum absolute atomic E-state index is 0.127. The number of benzene rings is 1. The third kappa shape index (κ3) is 4.55. The third-order valence-corrected chi connectivity index (χ3v) is 5.71. The highest BCUT2D eigenvalue weighted by Crippen LogP contribution is 2.28. The number of carbonyl (C=O) groups excluding carboxylic acids is 3. The van der Waals surface area contributed by atoms with Crippen LogP contribution < -0.4 is 10.0 Å². The summed E-state index contributed by atoms with van der Waals surface area (Å²) in [6, 6.07) is 7.74. The average Bonchev–Trinajstić information content (AvgIpc) is 3.00. The summed E-state index contributed by atoms with van der Waals surface area (Å²) in [5.41, 5.74) is 0.974. The lowest BCUT2D eigenvalue weighted by Crippen LogP contribution is -2.45. The predicted molar refractivity (Wildman–Crippen MR) is 108 cm³/mol. The van der Waals surface area contributed by atoms with Crippen LogP contribution in [0.2, 0.25) is 0 Å². The number of hydrogen-bond donors (Lipinski definition) is 1. The van der Waals surface area contributed by atoms with E-state index in [4.69, 9.17) is 5.14 Å². The van der Waals surface area contributed by atoms with Crippen LogP contribution in [0.3, 0.4) is 0 Å². The molecule has 1 aromatic heterocycles. The molecule has 2 heterocycles. The number of amides is 3. The summed E-state index contributed by atoms with van der Waals surface area (Å²) in [4.78, 5) is 44.7. The summed E-state index contributed by atoms with van der Waals surface area (Å²) >= 11 is 0. The van der Waals surface area contributed by atoms with Crippen molar-refractivity contribution in [3.05, 3.63) is 54.4 Å². The van der Waals surface area contributed by atoms with Gasteiger partial charge in [0.05, 0.1) is 17.0 Å². The summed E-state index contributed by atoms with van der Waals surface area (Å²) in [7, 11) is -3.89. The van der Waals surface area contributed by atoms with Crippen LogP contribution in [0, 0.1) is 0 Å². The molecule has 0 saturated carbocycles. The van der Waals surface area contributed by atoms with Crippen LogP contribution in [0.4, 0.5) is 5.69 Å². The Morgan fingerprint density at radius 1 is 1.23 bits per heavy atom. The first kappa shape index (κ1) is 21.6. The number of anilines is 1. The van der Waals surface area contributed by atoms with Gasteiger partial charge in [-0.05, 0) is 42.3 Å². The molecule has 1 aliphatic heterocycles. The SMILES string of the molecule is CCCC(=O)N(Cc1cccnc1)C1CC(=O)N(c2ccc(S(N)(=O)=O)cc2)C1=O. The Morgan fingerprint density at radius 2 is 1.93 bits per heavy atom. The van der Waals surface area contributed by atoms with Crippen molar-refractivity contribution in [1.82, 2.24) is 9.88 Å². The summed E-state index contributed by atoms with van der Waals surface area (Å²) in [6.45, 7) is 2.02. The van der Waals surface area contributed by atoms with Crippen LogP contribution in [0.1, 0.15) is 31.7 Å². The van der Waals surface area contributed by atoms with E-state index in [1.165, 1.54) is 29.2 Å². The molecular formula is C20H22N4O5S. The second-order valence-corrected chi connectivity index (χ2v) is 8.52. The van der Waals surface area contributed by atoms with E-state index in [9.17, 15) is 22.8 Å². The van der Waals surface area contributed by atoms with Gasteiger partial charge in [-0.25, -0.2) is 18.5 Å². The number of carbonyl (C=O) groups is 3. The van der Waals surface area contributed by atoms with Gasteiger partial charge in [0.2, 0.25) is 21.8 Å². The molecule has 3 rings (SSSR count). The Labute approximate surface area is 174 Å². The van der Waals surface area contributed by atoms with Gasteiger partial charge in [0.15, 0.2) is 0 Å². The molecule has 10 heteroatoms. The molecule has 1 fully saturated rings. The quantitative estimate of drug-likeness (QED) is 0.657. The monoisotopic (exact) mass is 430 g/mol. The topological polar surface area (TPSA) is 131 Å². The molecule has 1 saturated heterocycles. The van der Waals surface area contributed by atoms with Gasteiger partial charge in [-0.1, -0.05) is 13.0 Å². The van der Waals surface area contributed by atoms with Crippen molar-refractivity contribution in [3.63, 3.8) is 0 Å². The highest BCUT2D eigenvalue weighted by Gasteiger charge is 2.44. The first-order valence-electron chi connectivity index (χ1n) is 9.40. The first-order valence-corrected chi connectivity index (χ1v) is 10.9. The van der Waals surface area contributed by atoms with Gasteiger partial charge in [-0.15, -0.1) is 0 Å². The zero-order chi connectivity index (χ0) is 21.9. The van der Waals surface area contributed by atoms with E-state index in [1.807, 2.05) is 6.92 Å². The maximum atomic E-state index is 13.1. The number of imide groups is 1. The van der Waals surface area contributed by atoms with Crippen LogP contribution in [0.25, 0.3) is 0 Å². The van der Waals surface area contributed by atoms with Crippen LogP contribution in [0.15, 0.2) is 53.7 Å². The van der Waals surface area contributed by atoms with Crippen LogP contribution in [-0.2, 0) is 31.0 Å². The molecular weight excluding hydrogens is 408 g/mol. The molecule has 3 amide bonds. The normalized spacial score (nSPS) is 16.7. The Hall–Kier alpha value is -3.11. The lowest BCUT2D eigenvalue weighted by Gasteiger charge is -2.27. The van der Waals surface area contributed by atoms with E-state index in [2.05, 4.69) is 4.98 Å². The molecule has 2 N–H and O–H groups in total. The molecule has 0 bridgehead atoms. The number of pyridine rings is 1. The van der Waals surface area contributed by atoms with Crippen molar-refractivity contribution >= 4 is 33.4 Å². The maximum Gasteiger partial charge on any atom is 0.257 e. The zero-order valence-corrected chi connectivity index (χ0v) is 17.2. The summed E-state index contributed by atoms with van der Waals surface area (Å²) in [6.07, 6.45) is 3.93. The lowest BCUT2D eigenvalue weighted by atomic mass is 10.1. The zero-order valence-electron chi connectivity index (χ0n) is 16.4. The van der Waals surface area contributed by atoms with Crippen LogP contribution in [0.5, 0.6) is 0 Å². The van der Waals surface area contributed by atoms with Gasteiger partial charge in [-0.3, -0.25) is 19.4 Å². The molecule has 0 radical (unpaired) electrons. The second-order valence-electron chi connectivity index (χ2n) is 6.96. The van der Waals surface area contributed by atoms with Crippen LogP contribution >= 0.6 is 0 Å². The smallest absolute Gasteiger partial charge is 0.257 e. The highest BCUT2D eigenvalue weighted by atomic mass is 32.2. The Morgan fingerprint density at radius 3 is 2.50 bits per heavy atom. The fourth-order valence-corrected chi connectivity index (χ4v) is 3.85. The van der Waals surface area contributed by atoms with Crippen molar-refractivity contribution in [3.8, 4) is 0 Å². The minimum atomic E-state index is -3.89. The molecule has 0 spiro atoms. The second kappa shape index (κ2) is 8.72. The van der Waals surface area contributed by atoms with Crippen molar-refractivity contribution < 1.29 is 22.8 Å². The van der Waals surface area contributed by atoms with Gasteiger partial charge in [0.1, 0.15) is 6.04 Å². The fourth-order valence-electron chi connectivity index (χ4n) is 3.33. The van der Waals surface area contributed by atoms with Crippen molar-refractivity contribution in [1.29, 1.82) is 0 Å². The van der Waals surface area contributed by atoms with E-state index >= 15 is 0 Å². The summed E-state index contributed by atoms with van der Waals surface area (Å²) in [5, 5.41) is 5.09. The van der Waals surface area contributed by atoms with E-state index in [1.54, 1.807) is 24.5 Å². The van der Waals surface area contributed by atoms with E-state index < -0.39 is 27.9 Å². The summed E-state index contributed by atoms with van der Waals surface area (Å²) in [5.74, 6) is -1.22. The van der Waals surface area contributed by atoms with Crippen LogP contribution in [-0.4, -0.2) is 42.1 Å². The average molecular weight is 430 g/mol. The Balaban J connectivity index is 1.88. The first-order chi connectivity index (χ1) is 14.2. The number of rotatable bonds is 7. The van der Waals surface area contributed by atoms with Gasteiger partial charge < -0.3 is 4.90 Å². The van der Waals surface area contributed by atoms with Gasteiger partial charge >= 0.3 is 0 Å². The highest BCUT2D eigenvalue weighted by molar-refractivity contribution is 7.89. The molecule has 2 aromatic rings. The van der Waals surface area contributed by atoms with Gasteiger partial charge in [0.25, 0.3) is 5.91 Å². The van der Waals surface area contributed by atoms with Gasteiger partial charge in [-0.2, -0.15) is 0 Å².